The van der Waals surface area contributed by atoms with Crippen molar-refractivity contribution in [2.24, 2.45) is 5.92 Å². The molecule has 1 heterocycles. The minimum absolute atomic E-state index is 0.0614. The van der Waals surface area contributed by atoms with Crippen molar-refractivity contribution < 1.29 is 14.7 Å². The van der Waals surface area contributed by atoms with Crippen LogP contribution < -0.4 is 11.1 Å². The average Bonchev–Trinajstić information content (AvgIpc) is 2.97. The molecule has 5 nitrogen and oxygen atoms in total. The third kappa shape index (κ3) is 3.13. The van der Waals surface area contributed by atoms with Gasteiger partial charge in [-0.2, -0.15) is 0 Å². The summed E-state index contributed by atoms with van der Waals surface area (Å²) in [6.07, 6.45) is 3.25. The van der Waals surface area contributed by atoms with Gasteiger partial charge in [0.05, 0.1) is 5.25 Å². The zero-order valence-corrected chi connectivity index (χ0v) is 13.1. The molecule has 4 N–H and O–H groups in total. The van der Waals surface area contributed by atoms with Gasteiger partial charge in [0, 0.05) is 18.0 Å². The number of carboxylic acids is 1. The number of nitrogens with two attached hydrogens (primary N) is 1. The van der Waals surface area contributed by atoms with Crippen molar-refractivity contribution in [2.75, 3.05) is 11.6 Å². The lowest BCUT2D eigenvalue weighted by atomic mass is 9.80. The molecule has 1 fully saturated rings. The molecule has 0 radical (unpaired) electrons. The van der Waals surface area contributed by atoms with Crippen molar-refractivity contribution in [1.82, 2.24) is 5.32 Å². The lowest BCUT2D eigenvalue weighted by Gasteiger charge is -2.25. The molecule has 22 heavy (non-hydrogen) atoms. The molecule has 0 bridgehead atoms. The van der Waals surface area contributed by atoms with Crippen LogP contribution in [0, 0.1) is 5.92 Å². The van der Waals surface area contributed by atoms with Gasteiger partial charge in [0.25, 0.3) is 0 Å². The summed E-state index contributed by atoms with van der Waals surface area (Å²) < 4.78 is 0. The number of rotatable bonds is 4. The smallest absolute Gasteiger partial charge is 0.322 e. The maximum Gasteiger partial charge on any atom is 0.322 e. The summed E-state index contributed by atoms with van der Waals surface area (Å²) in [5, 5.41) is 11.6. The maximum atomic E-state index is 12.5. The van der Waals surface area contributed by atoms with Crippen LogP contribution >= 0.6 is 11.8 Å². The molecule has 1 aromatic carbocycles. The van der Waals surface area contributed by atoms with Gasteiger partial charge in [-0.05, 0) is 48.4 Å². The first-order valence-corrected chi connectivity index (χ1v) is 8.57. The largest absolute Gasteiger partial charge is 0.480 e. The van der Waals surface area contributed by atoms with E-state index in [0.717, 1.165) is 24.9 Å². The fraction of sp³-hybridized carbons (Fsp3) is 0.500. The predicted molar refractivity (Wildman–Crippen MR) is 86.8 cm³/mol. The summed E-state index contributed by atoms with van der Waals surface area (Å²) in [6, 6.07) is 5.23. The van der Waals surface area contributed by atoms with E-state index in [1.54, 1.807) is 0 Å². The quantitative estimate of drug-likeness (QED) is 0.727. The standard InChI is InChI=1S/C16H20N2O3S/c17-12-4-3-10-5-9(1-2-11(10)7-12)6-13(19)15-14(16(20)21)18-8-22-15/h3-4,7,9,14-15,18H,1-2,5-6,8,17H2,(H,20,21)/t9?,14-,15?/m0/s1. The zero-order chi connectivity index (χ0) is 15.7. The molecule has 0 spiro atoms. The summed E-state index contributed by atoms with van der Waals surface area (Å²) in [5.74, 6) is -0.0430. The van der Waals surface area contributed by atoms with Gasteiger partial charge in [-0.1, -0.05) is 6.07 Å². The van der Waals surface area contributed by atoms with Crippen LogP contribution in [0.3, 0.4) is 0 Å². The number of fused-ring (bicyclic) bond motifs is 1. The van der Waals surface area contributed by atoms with Crippen molar-refractivity contribution in [3.63, 3.8) is 0 Å². The monoisotopic (exact) mass is 320 g/mol. The summed E-state index contributed by atoms with van der Waals surface area (Å²) in [6.45, 7) is 0. The Hall–Kier alpha value is -1.53. The highest BCUT2D eigenvalue weighted by molar-refractivity contribution is 8.00. The van der Waals surface area contributed by atoms with Gasteiger partial charge in [0.1, 0.15) is 11.8 Å². The van der Waals surface area contributed by atoms with Gasteiger partial charge in [0.2, 0.25) is 0 Å². The fourth-order valence-corrected chi connectivity index (χ4v) is 4.49. The van der Waals surface area contributed by atoms with Crippen LogP contribution in [-0.4, -0.2) is 34.0 Å². The first-order chi connectivity index (χ1) is 10.5. The highest BCUT2D eigenvalue weighted by atomic mass is 32.2. The van der Waals surface area contributed by atoms with Crippen LogP contribution in [0.1, 0.15) is 24.0 Å². The Labute approximate surface area is 133 Å². The maximum absolute atomic E-state index is 12.5. The molecule has 0 aromatic heterocycles. The summed E-state index contributed by atoms with van der Waals surface area (Å²) in [7, 11) is 0. The minimum Gasteiger partial charge on any atom is -0.480 e. The molecular weight excluding hydrogens is 300 g/mol. The Morgan fingerprint density at radius 2 is 2.18 bits per heavy atom. The predicted octanol–water partition coefficient (Wildman–Crippen LogP) is 1.45. The van der Waals surface area contributed by atoms with Crippen LogP contribution in [0.25, 0.3) is 0 Å². The zero-order valence-electron chi connectivity index (χ0n) is 12.2. The first kappa shape index (κ1) is 15.4. The second-order valence-corrected chi connectivity index (χ2v) is 7.19. The molecule has 1 aliphatic heterocycles. The van der Waals surface area contributed by atoms with Gasteiger partial charge in [0.15, 0.2) is 0 Å². The molecule has 2 aliphatic rings. The molecule has 1 saturated heterocycles. The number of benzene rings is 1. The van der Waals surface area contributed by atoms with Crippen molar-refractivity contribution in [3.8, 4) is 0 Å². The lowest BCUT2D eigenvalue weighted by Crippen LogP contribution is -2.42. The van der Waals surface area contributed by atoms with E-state index in [9.17, 15) is 9.59 Å². The number of aliphatic carboxylic acids is 1. The number of hydrogen-bond acceptors (Lipinski definition) is 5. The highest BCUT2D eigenvalue weighted by Crippen LogP contribution is 2.31. The number of carboxylic acid groups (broad SMARTS) is 1. The van der Waals surface area contributed by atoms with Gasteiger partial charge in [-0.3, -0.25) is 14.9 Å². The number of carbonyl (C=O) groups excluding carboxylic acids is 1. The van der Waals surface area contributed by atoms with E-state index < -0.39 is 17.3 Å². The molecular formula is C16H20N2O3S. The van der Waals surface area contributed by atoms with Gasteiger partial charge >= 0.3 is 5.97 Å². The topological polar surface area (TPSA) is 92.4 Å². The molecule has 3 rings (SSSR count). The van der Waals surface area contributed by atoms with Crippen molar-refractivity contribution in [2.45, 2.75) is 37.0 Å². The van der Waals surface area contributed by atoms with Crippen LogP contribution in [0.15, 0.2) is 18.2 Å². The Morgan fingerprint density at radius 1 is 1.36 bits per heavy atom. The van der Waals surface area contributed by atoms with Gasteiger partial charge in [-0.15, -0.1) is 11.8 Å². The number of Topliss-reactive ketones (excluding diaryl/α,β-unsaturated/α-hetero) is 1. The Balaban J connectivity index is 1.63. The number of aryl methyl sites for hydroxylation is 1. The van der Waals surface area contributed by atoms with Crippen LogP contribution in [-0.2, 0) is 22.4 Å². The van der Waals surface area contributed by atoms with E-state index in [4.69, 9.17) is 10.8 Å². The van der Waals surface area contributed by atoms with Crippen LogP contribution in [0.4, 0.5) is 5.69 Å². The number of anilines is 1. The molecule has 0 saturated carbocycles. The number of thioether (sulfide) groups is 1. The van der Waals surface area contributed by atoms with E-state index in [0.29, 0.717) is 18.2 Å². The van der Waals surface area contributed by atoms with Gasteiger partial charge < -0.3 is 10.8 Å². The number of nitrogens with one attached hydrogen (secondary N) is 1. The van der Waals surface area contributed by atoms with E-state index >= 15 is 0 Å². The lowest BCUT2D eigenvalue weighted by molar-refractivity contribution is -0.140. The van der Waals surface area contributed by atoms with E-state index in [-0.39, 0.29) is 5.78 Å². The number of nitrogen functional groups attached to an aromatic ring is 1. The molecule has 6 heteroatoms. The van der Waals surface area contributed by atoms with E-state index in [2.05, 4.69) is 5.32 Å². The third-order valence-electron chi connectivity index (χ3n) is 4.50. The Morgan fingerprint density at radius 3 is 2.95 bits per heavy atom. The fourth-order valence-electron chi connectivity index (χ4n) is 3.35. The molecule has 1 aromatic rings. The van der Waals surface area contributed by atoms with Crippen LogP contribution in [0.2, 0.25) is 0 Å². The molecule has 0 amide bonds. The molecule has 2 unspecified atom stereocenters. The Bertz CT molecular complexity index is 605. The summed E-state index contributed by atoms with van der Waals surface area (Å²) in [4.78, 5) is 23.6. The summed E-state index contributed by atoms with van der Waals surface area (Å²) >= 11 is 1.41. The second kappa shape index (κ2) is 6.30. The first-order valence-electron chi connectivity index (χ1n) is 7.52. The summed E-state index contributed by atoms with van der Waals surface area (Å²) in [5.41, 5.74) is 9.14. The van der Waals surface area contributed by atoms with E-state index in [1.165, 1.54) is 22.9 Å². The molecule has 1 aliphatic carbocycles. The number of ketones is 1. The highest BCUT2D eigenvalue weighted by Gasteiger charge is 2.38. The minimum atomic E-state index is -0.937. The van der Waals surface area contributed by atoms with Crippen LogP contribution in [0.5, 0.6) is 0 Å². The number of hydrogen-bond donors (Lipinski definition) is 3. The third-order valence-corrected chi connectivity index (χ3v) is 5.73. The number of carbonyl (C=O) groups is 2. The average molecular weight is 320 g/mol. The van der Waals surface area contributed by atoms with Crippen molar-refractivity contribution in [1.29, 1.82) is 0 Å². The Kier molecular flexibility index (Phi) is 4.40. The van der Waals surface area contributed by atoms with Crippen molar-refractivity contribution in [3.05, 3.63) is 29.3 Å². The SMILES string of the molecule is Nc1ccc2c(c1)CCC(CC(=O)C1SCN[C@@H]1C(=O)O)C2. The molecule has 118 valence electrons. The van der Waals surface area contributed by atoms with Crippen molar-refractivity contribution >= 4 is 29.2 Å². The second-order valence-electron chi connectivity index (χ2n) is 6.06. The van der Waals surface area contributed by atoms with E-state index in [1.807, 2.05) is 18.2 Å². The normalized spacial score (nSPS) is 27.4. The molecule has 3 atom stereocenters. The van der Waals surface area contributed by atoms with Gasteiger partial charge in [-0.25, -0.2) is 0 Å².